The number of amides is 1. The average Bonchev–Trinajstić information content (AvgIpc) is 3.06. The van der Waals surface area contributed by atoms with Crippen LogP contribution in [0.5, 0.6) is 0 Å². The number of rotatable bonds is 11. The van der Waals surface area contributed by atoms with Gasteiger partial charge in [-0.1, -0.05) is 63.6 Å². The summed E-state index contributed by atoms with van der Waals surface area (Å²) in [4.78, 5) is 13.4. The maximum absolute atomic E-state index is 11.6. The van der Waals surface area contributed by atoms with Crippen molar-refractivity contribution >= 4 is 11.5 Å². The third-order valence-corrected chi connectivity index (χ3v) is 5.78. The molecule has 0 spiro atoms. The number of hydrogen-bond acceptors (Lipinski definition) is 3. The zero-order valence-corrected chi connectivity index (χ0v) is 17.4. The molecule has 1 amide bonds. The smallest absolute Gasteiger partial charge is 0.222 e. The largest absolute Gasteiger partial charge is 0.355 e. The summed E-state index contributed by atoms with van der Waals surface area (Å²) in [6.45, 7) is 15.9. The highest BCUT2D eigenvalue weighted by atomic mass is 16.7. The topological polar surface area (TPSA) is 38.8 Å². The minimum Gasteiger partial charge on any atom is -0.355 e. The zero-order chi connectivity index (χ0) is 19.9. The summed E-state index contributed by atoms with van der Waals surface area (Å²) in [6, 6.07) is 8.66. The van der Waals surface area contributed by atoms with Gasteiger partial charge in [0.15, 0.2) is 0 Å². The molecule has 1 unspecified atom stereocenters. The summed E-state index contributed by atoms with van der Waals surface area (Å²) in [5.74, 6) is 0.630. The van der Waals surface area contributed by atoms with E-state index in [9.17, 15) is 4.79 Å². The number of carbonyl (C=O) groups is 1. The molecule has 1 aromatic rings. The molecule has 1 heterocycles. The Morgan fingerprint density at radius 3 is 2.74 bits per heavy atom. The zero-order valence-electron chi connectivity index (χ0n) is 17.4. The highest BCUT2D eigenvalue weighted by molar-refractivity contribution is 5.78. The Labute approximate surface area is 164 Å². The van der Waals surface area contributed by atoms with Crippen LogP contribution in [0.2, 0.25) is 0 Å². The first-order valence-corrected chi connectivity index (χ1v) is 10.1. The SMILES string of the molecule is C=C(C)c1cccc(C(C)(C)C(CC)COCOCCN2CCCC2=O)c1. The number of nitrogens with zero attached hydrogens (tertiary/aromatic N) is 1. The van der Waals surface area contributed by atoms with Crippen LogP contribution >= 0.6 is 0 Å². The molecule has 27 heavy (non-hydrogen) atoms. The maximum atomic E-state index is 11.6. The van der Waals surface area contributed by atoms with Crippen molar-refractivity contribution in [3.05, 3.63) is 42.0 Å². The summed E-state index contributed by atoms with van der Waals surface area (Å²) in [6.07, 6.45) is 2.68. The van der Waals surface area contributed by atoms with E-state index in [1.54, 1.807) is 0 Å². The van der Waals surface area contributed by atoms with Gasteiger partial charge >= 0.3 is 0 Å². The second-order valence-electron chi connectivity index (χ2n) is 8.07. The van der Waals surface area contributed by atoms with E-state index in [0.29, 0.717) is 32.1 Å². The van der Waals surface area contributed by atoms with Gasteiger partial charge in [-0.2, -0.15) is 0 Å². The van der Waals surface area contributed by atoms with Crippen LogP contribution in [0, 0.1) is 5.92 Å². The number of hydrogen-bond donors (Lipinski definition) is 0. The fourth-order valence-electron chi connectivity index (χ4n) is 3.68. The van der Waals surface area contributed by atoms with Crippen LogP contribution in [-0.4, -0.2) is 43.9 Å². The third-order valence-electron chi connectivity index (χ3n) is 5.78. The van der Waals surface area contributed by atoms with Crippen LogP contribution in [0.3, 0.4) is 0 Å². The van der Waals surface area contributed by atoms with E-state index in [1.165, 1.54) is 11.1 Å². The highest BCUT2D eigenvalue weighted by Gasteiger charge is 2.30. The number of ether oxygens (including phenoxy) is 2. The van der Waals surface area contributed by atoms with Crippen molar-refractivity contribution in [2.24, 2.45) is 5.92 Å². The molecule has 2 rings (SSSR count). The first-order chi connectivity index (χ1) is 12.9. The van der Waals surface area contributed by atoms with Crippen LogP contribution in [0.15, 0.2) is 30.8 Å². The fraction of sp³-hybridized carbons (Fsp3) is 0.609. The molecular formula is C23H35NO3. The van der Waals surface area contributed by atoms with Gasteiger partial charge in [-0.25, -0.2) is 0 Å². The van der Waals surface area contributed by atoms with E-state index in [0.717, 1.165) is 25.0 Å². The van der Waals surface area contributed by atoms with E-state index in [1.807, 2.05) is 11.8 Å². The molecular weight excluding hydrogens is 338 g/mol. The van der Waals surface area contributed by atoms with E-state index in [-0.39, 0.29) is 18.1 Å². The van der Waals surface area contributed by atoms with Gasteiger partial charge in [-0.05, 0) is 35.8 Å². The lowest BCUT2D eigenvalue weighted by Crippen LogP contribution is -2.32. The predicted molar refractivity (Wildman–Crippen MR) is 111 cm³/mol. The molecule has 4 heteroatoms. The van der Waals surface area contributed by atoms with E-state index < -0.39 is 0 Å². The van der Waals surface area contributed by atoms with Gasteiger partial charge in [0.25, 0.3) is 0 Å². The summed E-state index contributed by atoms with van der Waals surface area (Å²) in [7, 11) is 0. The van der Waals surface area contributed by atoms with Gasteiger partial charge in [0.2, 0.25) is 5.91 Å². The quantitative estimate of drug-likeness (QED) is 0.419. The summed E-state index contributed by atoms with van der Waals surface area (Å²) in [5.41, 5.74) is 3.59. The molecule has 1 aliphatic heterocycles. The fourth-order valence-corrected chi connectivity index (χ4v) is 3.68. The van der Waals surface area contributed by atoms with Crippen molar-refractivity contribution in [3.8, 4) is 0 Å². The predicted octanol–water partition coefficient (Wildman–Crippen LogP) is 4.64. The number of carbonyl (C=O) groups excluding carboxylic acids is 1. The molecule has 1 saturated heterocycles. The van der Waals surface area contributed by atoms with Crippen LogP contribution in [-0.2, 0) is 19.7 Å². The van der Waals surface area contributed by atoms with E-state index >= 15 is 0 Å². The molecule has 1 fully saturated rings. The standard InChI is InChI=1S/C23H35NO3/c1-6-20(16-27-17-26-14-13-24-12-8-11-22(24)25)23(4,5)21-10-7-9-19(15-21)18(2)3/h7,9-10,15,20H,2,6,8,11-14,16-17H2,1,3-5H3. The first-order valence-electron chi connectivity index (χ1n) is 10.1. The van der Waals surface area contributed by atoms with Gasteiger partial charge in [-0.15, -0.1) is 0 Å². The molecule has 1 aromatic carbocycles. The van der Waals surface area contributed by atoms with Crippen molar-refractivity contribution in [2.45, 2.75) is 52.4 Å². The minimum atomic E-state index is 0.00216. The summed E-state index contributed by atoms with van der Waals surface area (Å²) in [5, 5.41) is 0. The van der Waals surface area contributed by atoms with Gasteiger partial charge < -0.3 is 14.4 Å². The molecule has 0 radical (unpaired) electrons. The number of allylic oxidation sites excluding steroid dienone is 1. The second-order valence-corrected chi connectivity index (χ2v) is 8.07. The molecule has 1 aliphatic rings. The Hall–Kier alpha value is -1.65. The average molecular weight is 374 g/mol. The van der Waals surface area contributed by atoms with Crippen molar-refractivity contribution in [1.82, 2.24) is 4.90 Å². The van der Waals surface area contributed by atoms with Crippen molar-refractivity contribution in [3.63, 3.8) is 0 Å². The monoisotopic (exact) mass is 373 g/mol. The van der Waals surface area contributed by atoms with Crippen LogP contribution < -0.4 is 0 Å². The maximum Gasteiger partial charge on any atom is 0.222 e. The normalized spacial score (nSPS) is 16.0. The summed E-state index contributed by atoms with van der Waals surface area (Å²) >= 11 is 0. The number of likely N-dealkylation sites (tertiary alicyclic amines) is 1. The molecule has 0 aliphatic carbocycles. The molecule has 150 valence electrons. The van der Waals surface area contributed by atoms with E-state index in [2.05, 4.69) is 51.6 Å². The molecule has 0 N–H and O–H groups in total. The van der Waals surface area contributed by atoms with E-state index in [4.69, 9.17) is 9.47 Å². The Kier molecular flexibility index (Phi) is 8.06. The Morgan fingerprint density at radius 2 is 2.11 bits per heavy atom. The van der Waals surface area contributed by atoms with Gasteiger partial charge in [0, 0.05) is 19.5 Å². The van der Waals surface area contributed by atoms with Crippen molar-refractivity contribution in [1.29, 1.82) is 0 Å². The van der Waals surface area contributed by atoms with Crippen LogP contribution in [0.4, 0.5) is 0 Å². The number of benzene rings is 1. The molecule has 0 saturated carbocycles. The first kappa shape index (κ1) is 21.6. The van der Waals surface area contributed by atoms with Gasteiger partial charge in [0.1, 0.15) is 6.79 Å². The lowest BCUT2D eigenvalue weighted by atomic mass is 9.72. The lowest BCUT2D eigenvalue weighted by molar-refractivity contribution is -0.129. The molecule has 0 aromatic heterocycles. The minimum absolute atomic E-state index is 0.00216. The van der Waals surface area contributed by atoms with Crippen molar-refractivity contribution in [2.75, 3.05) is 33.1 Å². The second kappa shape index (κ2) is 10.0. The Bertz CT molecular complexity index is 638. The van der Waals surface area contributed by atoms with Gasteiger partial charge in [0.05, 0.1) is 13.2 Å². The Balaban J connectivity index is 1.80. The lowest BCUT2D eigenvalue weighted by Gasteiger charge is -2.34. The third kappa shape index (κ3) is 5.91. The Morgan fingerprint density at radius 1 is 1.33 bits per heavy atom. The molecule has 0 bridgehead atoms. The molecule has 4 nitrogen and oxygen atoms in total. The van der Waals surface area contributed by atoms with Crippen molar-refractivity contribution < 1.29 is 14.3 Å². The van der Waals surface area contributed by atoms with Crippen LogP contribution in [0.1, 0.15) is 58.1 Å². The van der Waals surface area contributed by atoms with Gasteiger partial charge in [-0.3, -0.25) is 4.79 Å². The van der Waals surface area contributed by atoms with Crippen LogP contribution in [0.25, 0.3) is 5.57 Å². The molecule has 1 atom stereocenters. The summed E-state index contributed by atoms with van der Waals surface area (Å²) < 4.78 is 11.4. The highest BCUT2D eigenvalue weighted by Crippen LogP contribution is 2.35.